The van der Waals surface area contributed by atoms with Crippen molar-refractivity contribution in [3.05, 3.63) is 29.6 Å². The van der Waals surface area contributed by atoms with Crippen molar-refractivity contribution >= 4 is 5.69 Å². The molecule has 2 unspecified atom stereocenters. The van der Waals surface area contributed by atoms with Crippen LogP contribution < -0.4 is 11.1 Å². The third-order valence-electron chi connectivity index (χ3n) is 3.40. The summed E-state index contributed by atoms with van der Waals surface area (Å²) in [5, 5.41) is 12.3. The lowest BCUT2D eigenvalue weighted by Crippen LogP contribution is -2.29. The summed E-state index contributed by atoms with van der Waals surface area (Å²) in [5.74, 6) is 0.0699. The summed E-state index contributed by atoms with van der Waals surface area (Å²) < 4.78 is 13.0. The van der Waals surface area contributed by atoms with E-state index in [9.17, 15) is 4.39 Å². The average molecular weight is 233 g/mol. The maximum Gasteiger partial charge on any atom is 0.124 e. The van der Waals surface area contributed by atoms with Gasteiger partial charge in [-0.05, 0) is 43.5 Å². The Balaban J connectivity index is 2.16. The Hall–Kier alpha value is -1.60. The van der Waals surface area contributed by atoms with Gasteiger partial charge in [0.25, 0.3) is 0 Å². The van der Waals surface area contributed by atoms with Crippen LogP contribution >= 0.6 is 0 Å². The number of nitrogens with zero attached hydrogens (tertiary/aromatic N) is 1. The van der Waals surface area contributed by atoms with Gasteiger partial charge in [-0.2, -0.15) is 5.26 Å². The van der Waals surface area contributed by atoms with Gasteiger partial charge < -0.3 is 11.1 Å². The van der Waals surface area contributed by atoms with Crippen LogP contribution in [0.2, 0.25) is 0 Å². The van der Waals surface area contributed by atoms with E-state index in [-0.39, 0.29) is 5.82 Å². The van der Waals surface area contributed by atoms with Crippen molar-refractivity contribution in [2.45, 2.75) is 25.3 Å². The molecule has 2 atom stereocenters. The van der Waals surface area contributed by atoms with Crippen molar-refractivity contribution in [1.82, 2.24) is 0 Å². The first-order valence-electron chi connectivity index (χ1n) is 5.91. The summed E-state index contributed by atoms with van der Waals surface area (Å²) in [7, 11) is 0. The Kier molecular flexibility index (Phi) is 3.60. The highest BCUT2D eigenvalue weighted by Crippen LogP contribution is 2.29. The van der Waals surface area contributed by atoms with Crippen LogP contribution in [0.25, 0.3) is 0 Å². The average Bonchev–Trinajstić information content (AvgIpc) is 2.78. The predicted molar refractivity (Wildman–Crippen MR) is 64.9 cm³/mol. The first kappa shape index (κ1) is 11.9. The van der Waals surface area contributed by atoms with Crippen LogP contribution in [0.1, 0.15) is 24.8 Å². The molecule has 1 saturated carbocycles. The molecular formula is C13H16FN3. The van der Waals surface area contributed by atoms with Crippen molar-refractivity contribution in [3.8, 4) is 6.07 Å². The van der Waals surface area contributed by atoms with Gasteiger partial charge in [-0.15, -0.1) is 0 Å². The predicted octanol–water partition coefficient (Wildman–Crippen LogP) is 2.24. The summed E-state index contributed by atoms with van der Waals surface area (Å²) in [6.07, 6.45) is 3.34. The van der Waals surface area contributed by atoms with Crippen LogP contribution in [0.5, 0.6) is 0 Å². The number of nitrogens with one attached hydrogen (secondary N) is 1. The van der Waals surface area contributed by atoms with Crippen molar-refractivity contribution < 1.29 is 4.39 Å². The molecule has 17 heavy (non-hydrogen) atoms. The molecule has 0 aromatic heterocycles. The molecule has 0 heterocycles. The van der Waals surface area contributed by atoms with E-state index in [1.54, 1.807) is 6.07 Å². The highest BCUT2D eigenvalue weighted by atomic mass is 19.1. The Labute approximate surface area is 100 Å². The van der Waals surface area contributed by atoms with Crippen LogP contribution in [0.15, 0.2) is 18.2 Å². The lowest BCUT2D eigenvalue weighted by atomic mass is 10.0. The van der Waals surface area contributed by atoms with E-state index in [2.05, 4.69) is 5.32 Å². The van der Waals surface area contributed by atoms with Crippen LogP contribution in [-0.2, 0) is 0 Å². The maximum atomic E-state index is 13.0. The summed E-state index contributed by atoms with van der Waals surface area (Å²) in [4.78, 5) is 0. The summed E-state index contributed by atoms with van der Waals surface area (Å²) >= 11 is 0. The second-order valence-electron chi connectivity index (χ2n) is 4.48. The van der Waals surface area contributed by atoms with Crippen LogP contribution in [-0.4, -0.2) is 12.6 Å². The zero-order chi connectivity index (χ0) is 12.3. The SMILES string of the molecule is N#Cc1cc(F)ccc1NC1CCCC1CN. The van der Waals surface area contributed by atoms with Gasteiger partial charge in [-0.25, -0.2) is 4.39 Å². The molecule has 0 spiro atoms. The first-order valence-corrected chi connectivity index (χ1v) is 5.91. The molecule has 0 aliphatic heterocycles. The topological polar surface area (TPSA) is 61.8 Å². The molecule has 3 nitrogen and oxygen atoms in total. The number of benzene rings is 1. The highest BCUT2D eigenvalue weighted by Gasteiger charge is 2.26. The minimum atomic E-state index is -0.381. The number of anilines is 1. The fourth-order valence-electron chi connectivity index (χ4n) is 2.44. The number of halogens is 1. The molecule has 1 fully saturated rings. The lowest BCUT2D eigenvalue weighted by Gasteiger charge is -2.21. The van der Waals surface area contributed by atoms with Crippen molar-refractivity contribution in [3.63, 3.8) is 0 Å². The van der Waals surface area contributed by atoms with Gasteiger partial charge in [0.2, 0.25) is 0 Å². The highest BCUT2D eigenvalue weighted by molar-refractivity contribution is 5.58. The third kappa shape index (κ3) is 2.56. The number of rotatable bonds is 3. The van der Waals surface area contributed by atoms with E-state index in [0.717, 1.165) is 19.3 Å². The zero-order valence-electron chi connectivity index (χ0n) is 9.62. The molecule has 1 aliphatic rings. The molecule has 4 heteroatoms. The third-order valence-corrected chi connectivity index (χ3v) is 3.40. The number of hydrogen-bond acceptors (Lipinski definition) is 3. The Morgan fingerprint density at radius 1 is 1.47 bits per heavy atom. The molecule has 0 amide bonds. The molecule has 3 N–H and O–H groups in total. The van der Waals surface area contributed by atoms with Crippen LogP contribution in [0.3, 0.4) is 0 Å². The van der Waals surface area contributed by atoms with Crippen LogP contribution in [0.4, 0.5) is 10.1 Å². The molecule has 1 aromatic rings. The summed E-state index contributed by atoms with van der Waals surface area (Å²) in [5.41, 5.74) is 6.77. The molecule has 0 bridgehead atoms. The number of hydrogen-bond donors (Lipinski definition) is 2. The minimum absolute atomic E-state index is 0.303. The maximum absolute atomic E-state index is 13.0. The molecule has 2 rings (SSSR count). The Morgan fingerprint density at radius 2 is 2.29 bits per heavy atom. The first-order chi connectivity index (χ1) is 8.24. The normalized spacial score (nSPS) is 23.4. The van der Waals surface area contributed by atoms with E-state index >= 15 is 0 Å². The molecule has 0 saturated heterocycles. The number of nitriles is 1. The van der Waals surface area contributed by atoms with E-state index in [4.69, 9.17) is 11.0 Å². The molecule has 1 aromatic carbocycles. The summed E-state index contributed by atoms with van der Waals surface area (Å²) in [6.45, 7) is 0.654. The van der Waals surface area contributed by atoms with E-state index in [1.165, 1.54) is 12.1 Å². The van der Waals surface area contributed by atoms with Crippen molar-refractivity contribution in [2.75, 3.05) is 11.9 Å². The van der Waals surface area contributed by atoms with Gasteiger partial charge in [0.05, 0.1) is 11.3 Å². The van der Waals surface area contributed by atoms with E-state index in [0.29, 0.717) is 29.8 Å². The molecule has 1 aliphatic carbocycles. The minimum Gasteiger partial charge on any atom is -0.381 e. The van der Waals surface area contributed by atoms with Crippen LogP contribution in [0, 0.1) is 23.1 Å². The quantitative estimate of drug-likeness (QED) is 0.841. The van der Waals surface area contributed by atoms with E-state index < -0.39 is 0 Å². The molecule has 0 radical (unpaired) electrons. The number of nitrogens with two attached hydrogens (primary N) is 1. The Morgan fingerprint density at radius 3 is 3.00 bits per heavy atom. The van der Waals surface area contributed by atoms with Gasteiger partial charge in [0.1, 0.15) is 11.9 Å². The fourth-order valence-corrected chi connectivity index (χ4v) is 2.44. The fraction of sp³-hybridized carbons (Fsp3) is 0.462. The van der Waals surface area contributed by atoms with Crippen molar-refractivity contribution in [2.24, 2.45) is 11.7 Å². The summed E-state index contributed by atoms with van der Waals surface area (Å²) in [6, 6.07) is 6.57. The standard InChI is InChI=1S/C13H16FN3/c14-11-4-5-13(10(6-11)8-16)17-12-3-1-2-9(12)7-15/h4-6,9,12,17H,1-3,7,15H2. The van der Waals surface area contributed by atoms with Gasteiger partial charge in [-0.1, -0.05) is 6.42 Å². The monoisotopic (exact) mass is 233 g/mol. The molecular weight excluding hydrogens is 217 g/mol. The van der Waals surface area contributed by atoms with Gasteiger partial charge >= 0.3 is 0 Å². The second-order valence-corrected chi connectivity index (χ2v) is 4.48. The van der Waals surface area contributed by atoms with Gasteiger partial charge in [-0.3, -0.25) is 0 Å². The Bertz CT molecular complexity index is 439. The second kappa shape index (κ2) is 5.15. The van der Waals surface area contributed by atoms with Gasteiger partial charge in [0.15, 0.2) is 0 Å². The lowest BCUT2D eigenvalue weighted by molar-refractivity contribution is 0.516. The van der Waals surface area contributed by atoms with Crippen molar-refractivity contribution in [1.29, 1.82) is 5.26 Å². The smallest absolute Gasteiger partial charge is 0.124 e. The zero-order valence-corrected chi connectivity index (χ0v) is 9.62. The van der Waals surface area contributed by atoms with Gasteiger partial charge in [0, 0.05) is 6.04 Å². The van der Waals surface area contributed by atoms with E-state index in [1.807, 2.05) is 6.07 Å². The molecule has 90 valence electrons. The largest absolute Gasteiger partial charge is 0.381 e.